The maximum absolute atomic E-state index is 11.2. The molecule has 0 saturated carbocycles. The minimum atomic E-state index is -0.263. The zero-order chi connectivity index (χ0) is 26.5. The molecule has 2 N–H and O–H groups in total. The first kappa shape index (κ1) is 26.8. The van der Waals surface area contributed by atoms with Gasteiger partial charge in [0.15, 0.2) is 17.3 Å². The quantitative estimate of drug-likeness (QED) is 0.230. The first-order chi connectivity index (χ1) is 16.9. The number of hydrogen-bond acceptors (Lipinski definition) is 5. The maximum Gasteiger partial charge on any atom is 0.161 e. The number of phenolic OH excluding ortho intramolecular Hbond substituents is 1. The highest BCUT2D eigenvalue weighted by Crippen LogP contribution is 2.40. The molecule has 0 unspecified atom stereocenters. The number of methoxy groups -OCH3 is 2. The molecule has 36 heavy (non-hydrogen) atoms. The van der Waals surface area contributed by atoms with Crippen molar-refractivity contribution in [3.05, 3.63) is 82.9 Å². The number of hydrazone groups is 1. The van der Waals surface area contributed by atoms with E-state index < -0.39 is 0 Å². The standard InChI is InChI=1S/C30H37N3O3/c1-29(2,3)23-17-21(18-24(27(23)34)30(4,5)6)28(32-22-12-10-9-11-13-22)33-31-19-20-14-15-25(35-7)26(16-20)36-8/h9-19,34H,1-8H3,(H,32,33). The van der Waals surface area contributed by atoms with Crippen molar-refractivity contribution in [2.45, 2.75) is 52.4 Å². The number of rotatable bonds is 6. The van der Waals surface area contributed by atoms with Crippen molar-refractivity contribution in [2.24, 2.45) is 10.1 Å². The predicted molar refractivity (Wildman–Crippen MR) is 148 cm³/mol. The SMILES string of the molecule is COc1ccc(C=NNC(=Nc2ccccc2)c2cc(C(C)(C)C)c(O)c(C(C)(C)C)c2)cc1OC. The number of ether oxygens (including phenoxy) is 2. The summed E-state index contributed by atoms with van der Waals surface area (Å²) in [5.74, 6) is 2.19. The minimum absolute atomic E-state index is 0.263. The lowest BCUT2D eigenvalue weighted by Crippen LogP contribution is -2.23. The number of benzene rings is 3. The fourth-order valence-electron chi connectivity index (χ4n) is 3.80. The van der Waals surface area contributed by atoms with Crippen LogP contribution in [0.15, 0.2) is 70.8 Å². The Bertz CT molecular complexity index is 1220. The molecule has 0 aliphatic heterocycles. The van der Waals surface area contributed by atoms with Crippen molar-refractivity contribution >= 4 is 17.7 Å². The topological polar surface area (TPSA) is 75.4 Å². The monoisotopic (exact) mass is 487 g/mol. The molecule has 3 aromatic rings. The lowest BCUT2D eigenvalue weighted by molar-refractivity contribution is 0.355. The van der Waals surface area contributed by atoms with Crippen molar-refractivity contribution in [3.8, 4) is 17.2 Å². The average molecular weight is 488 g/mol. The summed E-state index contributed by atoms with van der Waals surface area (Å²) in [4.78, 5) is 4.86. The molecule has 6 nitrogen and oxygen atoms in total. The van der Waals surface area contributed by atoms with E-state index in [-0.39, 0.29) is 10.8 Å². The molecule has 0 aliphatic carbocycles. The molecule has 0 amide bonds. The van der Waals surface area contributed by atoms with Gasteiger partial charge in [-0.2, -0.15) is 5.10 Å². The molecule has 3 rings (SSSR count). The molecule has 0 bridgehead atoms. The Morgan fingerprint density at radius 2 is 1.39 bits per heavy atom. The number of nitrogens with one attached hydrogen (secondary N) is 1. The Kier molecular flexibility index (Phi) is 8.08. The zero-order valence-electron chi connectivity index (χ0n) is 22.5. The molecule has 0 aliphatic rings. The molecule has 0 spiro atoms. The first-order valence-electron chi connectivity index (χ1n) is 12.0. The van der Waals surface area contributed by atoms with Crippen LogP contribution in [0.2, 0.25) is 0 Å². The van der Waals surface area contributed by atoms with Gasteiger partial charge in [-0.05, 0) is 58.9 Å². The lowest BCUT2D eigenvalue weighted by Gasteiger charge is -2.28. The van der Waals surface area contributed by atoms with Crippen molar-refractivity contribution in [2.75, 3.05) is 14.2 Å². The van der Waals surface area contributed by atoms with Gasteiger partial charge in [-0.1, -0.05) is 59.7 Å². The summed E-state index contributed by atoms with van der Waals surface area (Å²) in [5, 5.41) is 15.6. The van der Waals surface area contributed by atoms with Gasteiger partial charge in [0.05, 0.1) is 26.1 Å². The molecule has 190 valence electrons. The van der Waals surface area contributed by atoms with Crippen LogP contribution in [-0.2, 0) is 10.8 Å². The number of aromatic hydroxyl groups is 1. The molecule has 6 heteroatoms. The van der Waals surface area contributed by atoms with Crippen molar-refractivity contribution in [3.63, 3.8) is 0 Å². The fourth-order valence-corrected chi connectivity index (χ4v) is 3.80. The molecule has 0 radical (unpaired) electrons. The number of para-hydroxylation sites is 1. The van der Waals surface area contributed by atoms with E-state index in [4.69, 9.17) is 14.5 Å². The van der Waals surface area contributed by atoms with Gasteiger partial charge < -0.3 is 14.6 Å². The van der Waals surface area contributed by atoms with Crippen molar-refractivity contribution < 1.29 is 14.6 Å². The number of nitrogens with zero attached hydrogens (tertiary/aromatic N) is 2. The Hall–Kier alpha value is -3.80. The maximum atomic E-state index is 11.2. The second kappa shape index (κ2) is 10.9. The van der Waals surface area contributed by atoms with E-state index in [0.717, 1.165) is 27.9 Å². The van der Waals surface area contributed by atoms with Crippen LogP contribution < -0.4 is 14.9 Å². The second-order valence-electron chi connectivity index (χ2n) is 10.7. The smallest absolute Gasteiger partial charge is 0.161 e. The van der Waals surface area contributed by atoms with E-state index in [1.165, 1.54) is 0 Å². The van der Waals surface area contributed by atoms with Gasteiger partial charge in [-0.3, -0.25) is 5.43 Å². The van der Waals surface area contributed by atoms with Crippen LogP contribution in [0.4, 0.5) is 5.69 Å². The molecule has 0 fully saturated rings. The zero-order valence-corrected chi connectivity index (χ0v) is 22.5. The molecule has 0 atom stereocenters. The molecule has 3 aromatic carbocycles. The van der Waals surface area contributed by atoms with Crippen LogP contribution in [0.25, 0.3) is 0 Å². The van der Waals surface area contributed by atoms with E-state index >= 15 is 0 Å². The third-order valence-corrected chi connectivity index (χ3v) is 5.79. The van der Waals surface area contributed by atoms with Crippen LogP contribution >= 0.6 is 0 Å². The van der Waals surface area contributed by atoms with E-state index in [0.29, 0.717) is 23.1 Å². The van der Waals surface area contributed by atoms with Gasteiger partial charge in [0.25, 0.3) is 0 Å². The van der Waals surface area contributed by atoms with Crippen LogP contribution in [0.5, 0.6) is 17.2 Å². The summed E-state index contributed by atoms with van der Waals surface area (Å²) in [6.45, 7) is 12.6. The Labute approximate surface area is 214 Å². The largest absolute Gasteiger partial charge is 0.507 e. The molecular weight excluding hydrogens is 450 g/mol. The third kappa shape index (κ3) is 6.45. The van der Waals surface area contributed by atoms with Gasteiger partial charge in [0, 0.05) is 16.7 Å². The van der Waals surface area contributed by atoms with E-state index in [2.05, 4.69) is 52.1 Å². The lowest BCUT2D eigenvalue weighted by atomic mass is 9.78. The molecule has 0 saturated heterocycles. The Morgan fingerprint density at radius 3 is 1.92 bits per heavy atom. The van der Waals surface area contributed by atoms with Crippen LogP contribution in [-0.4, -0.2) is 31.4 Å². The second-order valence-corrected chi connectivity index (χ2v) is 10.7. The number of phenols is 1. The third-order valence-electron chi connectivity index (χ3n) is 5.79. The summed E-state index contributed by atoms with van der Waals surface area (Å²) in [5.41, 5.74) is 6.81. The van der Waals surface area contributed by atoms with Gasteiger partial charge in [0.2, 0.25) is 0 Å². The highest BCUT2D eigenvalue weighted by atomic mass is 16.5. The fraction of sp³-hybridized carbons (Fsp3) is 0.333. The summed E-state index contributed by atoms with van der Waals surface area (Å²) >= 11 is 0. The van der Waals surface area contributed by atoms with Crippen molar-refractivity contribution in [1.29, 1.82) is 0 Å². The summed E-state index contributed by atoms with van der Waals surface area (Å²) in [7, 11) is 3.21. The van der Waals surface area contributed by atoms with E-state index in [9.17, 15) is 5.11 Å². The molecule has 0 aromatic heterocycles. The van der Waals surface area contributed by atoms with E-state index in [1.54, 1.807) is 20.4 Å². The number of amidine groups is 1. The molecular formula is C30H37N3O3. The highest BCUT2D eigenvalue weighted by molar-refractivity contribution is 6.01. The Morgan fingerprint density at radius 1 is 0.806 bits per heavy atom. The minimum Gasteiger partial charge on any atom is -0.507 e. The summed E-state index contributed by atoms with van der Waals surface area (Å²) in [6.07, 6.45) is 1.71. The van der Waals surface area contributed by atoms with Gasteiger partial charge >= 0.3 is 0 Å². The normalized spacial score (nSPS) is 12.6. The molecule has 0 heterocycles. The van der Waals surface area contributed by atoms with Gasteiger partial charge in [0.1, 0.15) is 5.75 Å². The van der Waals surface area contributed by atoms with Crippen molar-refractivity contribution in [1.82, 2.24) is 5.43 Å². The first-order valence-corrected chi connectivity index (χ1v) is 12.0. The van der Waals surface area contributed by atoms with Crippen LogP contribution in [0.1, 0.15) is 63.8 Å². The number of hydrogen-bond donors (Lipinski definition) is 2. The van der Waals surface area contributed by atoms with Crippen LogP contribution in [0, 0.1) is 0 Å². The number of aliphatic imine (C=N–C) groups is 1. The summed E-state index contributed by atoms with van der Waals surface area (Å²) in [6, 6.07) is 19.3. The summed E-state index contributed by atoms with van der Waals surface area (Å²) < 4.78 is 10.7. The predicted octanol–water partition coefficient (Wildman–Crippen LogP) is 6.71. The highest BCUT2D eigenvalue weighted by Gasteiger charge is 2.27. The average Bonchev–Trinajstić information content (AvgIpc) is 2.82. The van der Waals surface area contributed by atoms with E-state index in [1.807, 2.05) is 60.7 Å². The van der Waals surface area contributed by atoms with Gasteiger partial charge in [-0.15, -0.1) is 0 Å². The van der Waals surface area contributed by atoms with Crippen LogP contribution in [0.3, 0.4) is 0 Å². The van der Waals surface area contributed by atoms with Gasteiger partial charge in [-0.25, -0.2) is 4.99 Å². The Balaban J connectivity index is 2.10.